The van der Waals surface area contributed by atoms with Crippen LogP contribution in [0.2, 0.25) is 0 Å². The second-order valence-electron chi connectivity index (χ2n) is 10.0. The van der Waals surface area contributed by atoms with Gasteiger partial charge in [0.05, 0.1) is 25.9 Å². The van der Waals surface area contributed by atoms with Gasteiger partial charge in [-0.1, -0.05) is 0 Å². The summed E-state index contributed by atoms with van der Waals surface area (Å²) in [5.74, 6) is -0.228. The molecular weight excluding hydrogens is 688 g/mol. The number of aromatic nitrogens is 8. The standard InChI is InChI=1S/C20H22F2N10O9P2S2/c21-8-12-6(38-18(8)31-4-27-10-14(23)25-3-26-15(10)31)1-36-43(35,45)41-13-7(2-37-42(34,44)40-12)39-19(9(13)22)32-5-28-11-16(32)29-20(24)30-17(11)33/h3-9,12-13,18-19H,1-2H2,(H,34,44)(H,35,45)(H2,23,25,26)(H3,24,29,30,33)/p-1/t6-,7-,8-,9-,12-,13-,18-,19-,42?,43?/m1/s1. The molecule has 3 fully saturated rings. The van der Waals surface area contributed by atoms with Gasteiger partial charge in [0.25, 0.3) is 5.56 Å². The van der Waals surface area contributed by atoms with Crippen molar-refractivity contribution >= 4 is 71.7 Å². The third-order valence-corrected chi connectivity index (χ3v) is 10.3. The average molecular weight is 710 g/mol. The summed E-state index contributed by atoms with van der Waals surface area (Å²) >= 11 is 10.2. The van der Waals surface area contributed by atoms with Gasteiger partial charge < -0.3 is 51.7 Å². The molecule has 6 N–H and O–H groups in total. The van der Waals surface area contributed by atoms with E-state index in [9.17, 15) is 14.3 Å². The number of nitrogen functional groups attached to an aromatic ring is 2. The number of halogens is 2. The van der Waals surface area contributed by atoms with Crippen molar-refractivity contribution in [2.45, 2.75) is 49.2 Å². The molecule has 19 nitrogen and oxygen atoms in total. The maximum Gasteiger partial charge on any atom is 0.325 e. The lowest BCUT2D eigenvalue weighted by Crippen LogP contribution is -2.37. The van der Waals surface area contributed by atoms with Crippen molar-refractivity contribution in [1.82, 2.24) is 39.0 Å². The van der Waals surface area contributed by atoms with E-state index in [2.05, 4.69) is 29.9 Å². The Kier molecular flexibility index (Phi) is 7.72. The van der Waals surface area contributed by atoms with Crippen molar-refractivity contribution in [3.63, 3.8) is 0 Å². The molecule has 0 spiro atoms. The largest absolute Gasteiger partial charge is 0.660 e. The van der Waals surface area contributed by atoms with Crippen molar-refractivity contribution in [3.05, 3.63) is 29.3 Å². The first-order valence-electron chi connectivity index (χ1n) is 12.9. The predicted octanol–water partition coefficient (Wildman–Crippen LogP) is 0.284. The minimum atomic E-state index is -4.54. The van der Waals surface area contributed by atoms with E-state index >= 15 is 8.78 Å². The number of ether oxygens (including phenoxy) is 2. The minimum absolute atomic E-state index is 0.0399. The van der Waals surface area contributed by atoms with E-state index in [1.807, 2.05) is 0 Å². The van der Waals surface area contributed by atoms with Crippen LogP contribution in [0.1, 0.15) is 12.5 Å². The zero-order valence-corrected chi connectivity index (χ0v) is 25.7. The van der Waals surface area contributed by atoms with Gasteiger partial charge in [0.1, 0.15) is 36.3 Å². The van der Waals surface area contributed by atoms with E-state index in [0.29, 0.717) is 0 Å². The van der Waals surface area contributed by atoms with Crippen LogP contribution in [-0.2, 0) is 56.2 Å². The summed E-state index contributed by atoms with van der Waals surface area (Å²) in [6, 6.07) is 0. The van der Waals surface area contributed by atoms with Crippen molar-refractivity contribution in [3.8, 4) is 0 Å². The number of nitrogens with zero attached hydrogens (tertiary/aromatic N) is 7. The third kappa shape index (κ3) is 5.54. The highest BCUT2D eigenvalue weighted by Gasteiger charge is 2.53. The number of nitrogens with one attached hydrogen (secondary N) is 1. The van der Waals surface area contributed by atoms with Crippen LogP contribution in [0.25, 0.3) is 22.3 Å². The van der Waals surface area contributed by atoms with Gasteiger partial charge in [0, 0.05) is 0 Å². The number of alkyl halides is 2. The Morgan fingerprint density at radius 2 is 1.56 bits per heavy atom. The molecule has 3 aliphatic rings. The highest BCUT2D eigenvalue weighted by atomic mass is 32.7. The maximum atomic E-state index is 16.0. The molecule has 0 aromatic carbocycles. The number of H-pyrrole nitrogens is 1. The van der Waals surface area contributed by atoms with Gasteiger partial charge in [0.2, 0.25) is 5.95 Å². The van der Waals surface area contributed by atoms with Crippen LogP contribution >= 0.6 is 13.5 Å². The Hall–Kier alpha value is -2.69. The molecule has 4 aromatic rings. The number of hydrogen-bond acceptors (Lipinski definition) is 17. The summed E-state index contributed by atoms with van der Waals surface area (Å²) < 4.78 is 80.8. The summed E-state index contributed by atoms with van der Waals surface area (Å²) in [5.41, 5.74) is 10.8. The summed E-state index contributed by atoms with van der Waals surface area (Å²) in [7, 11) is 0. The van der Waals surface area contributed by atoms with Gasteiger partial charge in [-0.2, -0.15) is 4.98 Å². The molecule has 0 amide bonds. The van der Waals surface area contributed by atoms with Gasteiger partial charge >= 0.3 is 6.72 Å². The van der Waals surface area contributed by atoms with E-state index in [-0.39, 0.29) is 34.1 Å². The first-order valence-corrected chi connectivity index (χ1v) is 18.0. The molecular formula is C20H21F2N10O9P2S2-. The number of imidazole rings is 2. The van der Waals surface area contributed by atoms with Crippen LogP contribution in [0.3, 0.4) is 0 Å². The lowest BCUT2D eigenvalue weighted by atomic mass is 10.1. The maximum absolute atomic E-state index is 16.0. The van der Waals surface area contributed by atoms with Crippen molar-refractivity contribution in [2.24, 2.45) is 0 Å². The fourth-order valence-corrected chi connectivity index (χ4v) is 8.10. The van der Waals surface area contributed by atoms with Crippen molar-refractivity contribution in [1.29, 1.82) is 0 Å². The Balaban J connectivity index is 1.17. The van der Waals surface area contributed by atoms with Gasteiger partial charge in [-0.3, -0.25) is 28.0 Å². The van der Waals surface area contributed by atoms with Crippen LogP contribution in [-0.4, -0.2) is 93.9 Å². The molecule has 10 atom stereocenters. The molecule has 3 saturated heterocycles. The smallest absolute Gasteiger partial charge is 0.325 e. The molecule has 242 valence electrons. The van der Waals surface area contributed by atoms with Gasteiger partial charge in [-0.05, 0) is 11.8 Å². The Morgan fingerprint density at radius 3 is 2.24 bits per heavy atom. The second-order valence-corrected chi connectivity index (χ2v) is 15.5. The fraction of sp³-hybridized carbons (Fsp3) is 0.500. The normalized spacial score (nSPS) is 37.7. The Labute approximate surface area is 259 Å². The van der Waals surface area contributed by atoms with Gasteiger partial charge in [-0.15, -0.1) is 0 Å². The molecule has 3 aliphatic heterocycles. The molecule has 7 rings (SSSR count). The monoisotopic (exact) mass is 709 g/mol. The highest BCUT2D eigenvalue weighted by Crippen LogP contribution is 2.55. The third-order valence-electron chi connectivity index (χ3n) is 7.22. The van der Waals surface area contributed by atoms with Crippen LogP contribution in [0, 0.1) is 0 Å². The molecule has 2 unspecified atom stereocenters. The van der Waals surface area contributed by atoms with Crippen LogP contribution in [0.5, 0.6) is 0 Å². The molecule has 0 saturated carbocycles. The van der Waals surface area contributed by atoms with E-state index in [1.165, 1.54) is 10.9 Å². The molecule has 25 heteroatoms. The van der Waals surface area contributed by atoms with Crippen LogP contribution < -0.4 is 17.0 Å². The second kappa shape index (κ2) is 11.2. The first kappa shape index (κ1) is 30.9. The molecule has 45 heavy (non-hydrogen) atoms. The van der Waals surface area contributed by atoms with Crippen LogP contribution in [0.4, 0.5) is 20.5 Å². The van der Waals surface area contributed by atoms with E-state index in [0.717, 1.165) is 17.2 Å². The zero-order chi connectivity index (χ0) is 31.8. The summed E-state index contributed by atoms with van der Waals surface area (Å²) in [6.07, 6.45) is -9.88. The number of aromatic amines is 1. The molecule has 7 heterocycles. The summed E-state index contributed by atoms with van der Waals surface area (Å²) in [5, 5.41) is 0. The summed E-state index contributed by atoms with van der Waals surface area (Å²) in [6.45, 7) is -10.2. The van der Waals surface area contributed by atoms with E-state index in [1.54, 1.807) is 0 Å². The number of rotatable bonds is 2. The quantitative estimate of drug-likeness (QED) is 0.161. The SMILES string of the molecule is Nc1nc2c(ncn2[C@@H]2O[C@@H]3COP(O)(=S)O[C@H]4[C@@H](F)[C@H](n5cnc6c(N)ncnc65)O[C@@H]4COP(=O)([S-])O[C@H]3[C@H]2F)c(=O)[nH]1. The number of anilines is 2. The van der Waals surface area contributed by atoms with E-state index < -0.39 is 81.5 Å². The molecule has 0 aliphatic carbocycles. The Bertz CT molecular complexity index is 1950. The summed E-state index contributed by atoms with van der Waals surface area (Å²) in [4.78, 5) is 45.3. The van der Waals surface area contributed by atoms with Crippen LogP contribution in [0.15, 0.2) is 23.8 Å². The molecule has 4 aromatic heterocycles. The average Bonchev–Trinajstić information content (AvgIpc) is 3.72. The lowest BCUT2D eigenvalue weighted by molar-refractivity contribution is -0.0564. The van der Waals surface area contributed by atoms with Gasteiger partial charge in [-0.25, -0.2) is 28.7 Å². The number of nitrogens with two attached hydrogens (primary N) is 2. The predicted molar refractivity (Wildman–Crippen MR) is 153 cm³/mol. The lowest BCUT2D eigenvalue weighted by Gasteiger charge is -2.33. The zero-order valence-electron chi connectivity index (χ0n) is 22.2. The fourth-order valence-electron chi connectivity index (χ4n) is 5.24. The Morgan fingerprint density at radius 1 is 0.956 bits per heavy atom. The topological polar surface area (TPSA) is 252 Å². The van der Waals surface area contributed by atoms with Crippen molar-refractivity contribution < 1.29 is 45.8 Å². The first-order chi connectivity index (χ1) is 21.3. The van der Waals surface area contributed by atoms with E-state index in [4.69, 9.17) is 63.1 Å². The van der Waals surface area contributed by atoms with Gasteiger partial charge in [0.15, 0.2) is 54.2 Å². The molecule has 0 radical (unpaired) electrons. The minimum Gasteiger partial charge on any atom is -0.660 e. The number of hydrogen-bond donors (Lipinski definition) is 4. The number of fused-ring (bicyclic) bond motifs is 4. The highest BCUT2D eigenvalue weighted by molar-refractivity contribution is 8.32. The van der Waals surface area contributed by atoms with Crippen molar-refractivity contribution in [2.75, 3.05) is 24.7 Å². The molecule has 0 bridgehead atoms.